The van der Waals surface area contributed by atoms with Crippen molar-refractivity contribution in [3.05, 3.63) is 0 Å². The lowest BCUT2D eigenvalue weighted by molar-refractivity contribution is -0.120. The summed E-state index contributed by atoms with van der Waals surface area (Å²) in [5.41, 5.74) is 0.382. The number of nitrogens with one attached hydrogen (secondary N) is 2. The molecule has 1 aliphatic heterocycles. The molecule has 1 rings (SSSR count). The molecule has 0 saturated carbocycles. The van der Waals surface area contributed by atoms with Crippen molar-refractivity contribution >= 4 is 17.7 Å². The molecule has 1 aliphatic rings. The first-order valence-electron chi connectivity index (χ1n) is 6.10. The second-order valence-corrected chi connectivity index (χ2v) is 6.33. The Kier molecular flexibility index (Phi) is 6.30. The van der Waals surface area contributed by atoms with Crippen LogP contribution in [0.5, 0.6) is 0 Å². The van der Waals surface area contributed by atoms with E-state index < -0.39 is 0 Å². The third-order valence-corrected chi connectivity index (χ3v) is 4.41. The number of ether oxygens (including phenoxy) is 1. The zero-order valence-corrected chi connectivity index (χ0v) is 11.9. The molecular formula is C12H24N2O2S. The van der Waals surface area contributed by atoms with E-state index in [1.165, 1.54) is 5.75 Å². The van der Waals surface area contributed by atoms with Gasteiger partial charge in [0.25, 0.3) is 0 Å². The van der Waals surface area contributed by atoms with Crippen molar-refractivity contribution in [2.24, 2.45) is 5.41 Å². The number of carbonyl (C=O) groups is 1. The monoisotopic (exact) mass is 260 g/mol. The van der Waals surface area contributed by atoms with Gasteiger partial charge in [-0.2, -0.15) is 11.8 Å². The van der Waals surface area contributed by atoms with Gasteiger partial charge in [0.2, 0.25) is 5.91 Å². The zero-order chi connectivity index (χ0) is 12.7. The highest BCUT2D eigenvalue weighted by Gasteiger charge is 2.28. The molecule has 100 valence electrons. The molecule has 2 N–H and O–H groups in total. The van der Waals surface area contributed by atoms with Crippen LogP contribution in [0.15, 0.2) is 0 Å². The van der Waals surface area contributed by atoms with E-state index in [1.807, 2.05) is 11.8 Å². The summed E-state index contributed by atoms with van der Waals surface area (Å²) < 4.78 is 4.88. The summed E-state index contributed by atoms with van der Waals surface area (Å²) in [4.78, 5) is 11.5. The molecule has 0 spiro atoms. The van der Waals surface area contributed by atoms with Crippen molar-refractivity contribution in [1.29, 1.82) is 0 Å². The highest BCUT2D eigenvalue weighted by molar-refractivity contribution is 7.99. The van der Waals surface area contributed by atoms with E-state index in [-0.39, 0.29) is 5.91 Å². The molecule has 0 aromatic heterocycles. The third-order valence-electron chi connectivity index (χ3n) is 2.79. The van der Waals surface area contributed by atoms with Crippen LogP contribution in [0.3, 0.4) is 0 Å². The number of hydrogen-bond donors (Lipinski definition) is 2. The van der Waals surface area contributed by atoms with Gasteiger partial charge in [-0.25, -0.2) is 0 Å². The van der Waals surface area contributed by atoms with Crippen molar-refractivity contribution in [3.8, 4) is 0 Å². The largest absolute Gasteiger partial charge is 0.383 e. The molecule has 1 unspecified atom stereocenters. The smallest absolute Gasteiger partial charge is 0.234 e. The van der Waals surface area contributed by atoms with Crippen LogP contribution >= 0.6 is 11.8 Å². The molecule has 4 nitrogen and oxygen atoms in total. The zero-order valence-electron chi connectivity index (χ0n) is 11.0. The Morgan fingerprint density at radius 3 is 2.94 bits per heavy atom. The van der Waals surface area contributed by atoms with E-state index in [2.05, 4.69) is 24.5 Å². The molecule has 1 saturated heterocycles. The quantitative estimate of drug-likeness (QED) is 0.696. The average molecular weight is 260 g/mol. The lowest BCUT2D eigenvalue weighted by Gasteiger charge is -2.35. The first-order valence-corrected chi connectivity index (χ1v) is 7.26. The third kappa shape index (κ3) is 6.29. The van der Waals surface area contributed by atoms with Gasteiger partial charge >= 0.3 is 0 Å². The number of methoxy groups -OCH3 is 1. The Bertz CT molecular complexity index is 247. The van der Waals surface area contributed by atoms with Gasteiger partial charge in [-0.05, 0) is 17.6 Å². The molecule has 1 amide bonds. The standard InChI is InChI=1S/C12H24N2O2S/c1-12(2)6-10(8-17-9-12)14-7-11(15)13-4-5-16-3/h10,14H,4-9H2,1-3H3,(H,13,15). The fraction of sp³-hybridized carbons (Fsp3) is 0.917. The van der Waals surface area contributed by atoms with Crippen molar-refractivity contribution in [1.82, 2.24) is 10.6 Å². The minimum atomic E-state index is 0.0513. The van der Waals surface area contributed by atoms with Gasteiger partial charge in [-0.15, -0.1) is 0 Å². The normalized spacial score (nSPS) is 23.4. The Hall–Kier alpha value is -0.260. The number of hydrogen-bond acceptors (Lipinski definition) is 4. The predicted molar refractivity (Wildman–Crippen MR) is 72.4 cm³/mol. The van der Waals surface area contributed by atoms with Crippen LogP contribution in [0, 0.1) is 5.41 Å². The molecule has 0 bridgehead atoms. The Labute approximate surface area is 108 Å². The lowest BCUT2D eigenvalue weighted by Crippen LogP contribution is -2.45. The second kappa shape index (κ2) is 7.24. The summed E-state index contributed by atoms with van der Waals surface area (Å²) in [5, 5.41) is 6.14. The summed E-state index contributed by atoms with van der Waals surface area (Å²) in [5.74, 6) is 2.37. The Morgan fingerprint density at radius 1 is 1.53 bits per heavy atom. The average Bonchev–Trinajstić information content (AvgIpc) is 2.25. The molecule has 0 aromatic carbocycles. The summed E-state index contributed by atoms with van der Waals surface area (Å²) in [7, 11) is 1.63. The van der Waals surface area contributed by atoms with Gasteiger partial charge in [0.1, 0.15) is 0 Å². The van der Waals surface area contributed by atoms with E-state index in [1.54, 1.807) is 7.11 Å². The molecule has 1 fully saturated rings. The van der Waals surface area contributed by atoms with Crippen LogP contribution in [-0.4, -0.2) is 50.3 Å². The van der Waals surface area contributed by atoms with E-state index in [0.29, 0.717) is 31.2 Å². The van der Waals surface area contributed by atoms with Crippen molar-refractivity contribution < 1.29 is 9.53 Å². The van der Waals surface area contributed by atoms with Crippen molar-refractivity contribution in [3.63, 3.8) is 0 Å². The van der Waals surface area contributed by atoms with E-state index in [9.17, 15) is 4.79 Å². The molecular weight excluding hydrogens is 236 g/mol. The lowest BCUT2D eigenvalue weighted by atomic mass is 9.88. The summed E-state index contributed by atoms with van der Waals surface area (Å²) >= 11 is 1.97. The fourth-order valence-electron chi connectivity index (χ4n) is 1.99. The topological polar surface area (TPSA) is 50.4 Å². The molecule has 0 aliphatic carbocycles. The summed E-state index contributed by atoms with van der Waals surface area (Å²) in [6.07, 6.45) is 1.14. The van der Waals surface area contributed by atoms with Crippen LogP contribution < -0.4 is 10.6 Å². The maximum Gasteiger partial charge on any atom is 0.234 e. The molecule has 0 radical (unpaired) electrons. The number of rotatable bonds is 6. The van der Waals surface area contributed by atoms with E-state index in [4.69, 9.17) is 4.74 Å². The van der Waals surface area contributed by atoms with Gasteiger partial charge in [0.05, 0.1) is 13.2 Å². The molecule has 1 heterocycles. The highest BCUT2D eigenvalue weighted by Crippen LogP contribution is 2.33. The minimum absolute atomic E-state index is 0.0513. The van der Waals surface area contributed by atoms with Gasteiger partial charge < -0.3 is 15.4 Å². The number of thioether (sulfide) groups is 1. The first-order chi connectivity index (χ1) is 8.03. The molecule has 1 atom stereocenters. The van der Waals surface area contributed by atoms with Crippen LogP contribution in [0.4, 0.5) is 0 Å². The maximum absolute atomic E-state index is 11.5. The van der Waals surface area contributed by atoms with Crippen molar-refractivity contribution in [2.75, 3.05) is 38.3 Å². The van der Waals surface area contributed by atoms with Gasteiger partial charge in [-0.3, -0.25) is 4.79 Å². The van der Waals surface area contributed by atoms with Crippen molar-refractivity contribution in [2.45, 2.75) is 26.3 Å². The van der Waals surface area contributed by atoms with Gasteiger partial charge in [0, 0.05) is 25.4 Å². The molecule has 0 aromatic rings. The minimum Gasteiger partial charge on any atom is -0.383 e. The Balaban J connectivity index is 2.15. The van der Waals surface area contributed by atoms with E-state index in [0.717, 1.165) is 12.2 Å². The van der Waals surface area contributed by atoms with Crippen LogP contribution in [0.1, 0.15) is 20.3 Å². The predicted octanol–water partition coefficient (Wildman–Crippen LogP) is 0.870. The summed E-state index contributed by atoms with van der Waals surface area (Å²) in [6, 6.07) is 0.455. The Morgan fingerprint density at radius 2 is 2.29 bits per heavy atom. The summed E-state index contributed by atoms with van der Waals surface area (Å²) in [6.45, 7) is 6.13. The van der Waals surface area contributed by atoms with Crippen LogP contribution in [-0.2, 0) is 9.53 Å². The molecule has 17 heavy (non-hydrogen) atoms. The SMILES string of the molecule is COCCNC(=O)CNC1CSCC(C)(C)C1. The van der Waals surface area contributed by atoms with Crippen LogP contribution in [0.25, 0.3) is 0 Å². The highest BCUT2D eigenvalue weighted by atomic mass is 32.2. The number of amides is 1. The first kappa shape index (κ1) is 14.8. The second-order valence-electron chi connectivity index (χ2n) is 5.30. The van der Waals surface area contributed by atoms with Crippen LogP contribution in [0.2, 0.25) is 0 Å². The fourth-order valence-corrected chi connectivity index (χ4v) is 3.29. The molecule has 5 heteroatoms. The maximum atomic E-state index is 11.5. The number of carbonyl (C=O) groups excluding carboxylic acids is 1. The van der Waals surface area contributed by atoms with Gasteiger partial charge in [0.15, 0.2) is 0 Å². The van der Waals surface area contributed by atoms with Gasteiger partial charge in [-0.1, -0.05) is 13.8 Å². The van der Waals surface area contributed by atoms with E-state index >= 15 is 0 Å².